The average molecular weight is 161 g/mol. The third-order valence-electron chi connectivity index (χ3n) is 1.66. The summed E-state index contributed by atoms with van der Waals surface area (Å²) in [5.41, 5.74) is 0.547. The molecule has 0 spiro atoms. The number of nitriles is 1. The Morgan fingerprint density at radius 3 is 3.00 bits per heavy atom. The molecule has 2 aromatic rings. The first-order chi connectivity index (χ1) is 5.81. The van der Waals surface area contributed by atoms with Gasteiger partial charge < -0.3 is 4.42 Å². The largest absolute Gasteiger partial charge is 0.464 e. The smallest absolute Gasteiger partial charge is 0.141 e. The van der Waals surface area contributed by atoms with Gasteiger partial charge in [0.1, 0.15) is 17.5 Å². The van der Waals surface area contributed by atoms with Gasteiger partial charge in [0.25, 0.3) is 0 Å². The van der Waals surface area contributed by atoms with Crippen molar-refractivity contribution in [1.82, 2.24) is 0 Å². The summed E-state index contributed by atoms with van der Waals surface area (Å²) in [4.78, 5) is 0. The lowest BCUT2D eigenvalue weighted by Crippen LogP contribution is -1.81. The van der Waals surface area contributed by atoms with Crippen molar-refractivity contribution in [3.8, 4) is 6.07 Å². The summed E-state index contributed by atoms with van der Waals surface area (Å²) < 4.78 is 17.9. The van der Waals surface area contributed by atoms with E-state index in [9.17, 15) is 4.39 Å². The molecule has 0 aliphatic rings. The van der Waals surface area contributed by atoms with E-state index >= 15 is 0 Å². The fourth-order valence-electron chi connectivity index (χ4n) is 1.07. The van der Waals surface area contributed by atoms with Crippen molar-refractivity contribution in [1.29, 1.82) is 5.26 Å². The number of fused-ring (bicyclic) bond motifs is 1. The molecule has 0 bridgehead atoms. The normalized spacial score (nSPS) is 10.0. The summed E-state index contributed by atoms with van der Waals surface area (Å²) in [6.07, 6.45) is 1.46. The molecule has 0 atom stereocenters. The topological polar surface area (TPSA) is 36.9 Å². The number of rotatable bonds is 0. The number of nitrogens with zero attached hydrogens (tertiary/aromatic N) is 1. The molecule has 0 saturated carbocycles. The van der Waals surface area contributed by atoms with Gasteiger partial charge in [0, 0.05) is 11.5 Å². The molecule has 1 aromatic carbocycles. The Morgan fingerprint density at radius 2 is 2.25 bits per heavy atom. The second-order valence-corrected chi connectivity index (χ2v) is 2.40. The van der Waals surface area contributed by atoms with E-state index in [1.165, 1.54) is 18.4 Å². The molecule has 2 rings (SSSR count). The molecule has 0 aliphatic heterocycles. The first-order valence-corrected chi connectivity index (χ1v) is 3.38. The van der Waals surface area contributed by atoms with Crippen LogP contribution in [0.25, 0.3) is 11.0 Å². The standard InChI is InChI=1S/C9H4FNO/c10-8-3-6-1-2-12-9(6)4-7(8)5-11/h1-4H. The van der Waals surface area contributed by atoms with Crippen LogP contribution in [0.5, 0.6) is 0 Å². The second-order valence-electron chi connectivity index (χ2n) is 2.40. The van der Waals surface area contributed by atoms with Crippen LogP contribution in [0.4, 0.5) is 4.39 Å². The highest BCUT2D eigenvalue weighted by Crippen LogP contribution is 2.19. The molecule has 1 heterocycles. The van der Waals surface area contributed by atoms with Gasteiger partial charge >= 0.3 is 0 Å². The lowest BCUT2D eigenvalue weighted by atomic mass is 10.2. The van der Waals surface area contributed by atoms with Crippen LogP contribution in [0.15, 0.2) is 28.9 Å². The predicted molar refractivity (Wildman–Crippen MR) is 40.9 cm³/mol. The fourth-order valence-corrected chi connectivity index (χ4v) is 1.07. The minimum atomic E-state index is -0.508. The number of hydrogen-bond acceptors (Lipinski definition) is 2. The minimum absolute atomic E-state index is 0.0115. The van der Waals surface area contributed by atoms with Gasteiger partial charge in [-0.1, -0.05) is 0 Å². The SMILES string of the molecule is N#Cc1cc2occc2cc1F. The Morgan fingerprint density at radius 1 is 1.42 bits per heavy atom. The van der Waals surface area contributed by atoms with Crippen LogP contribution in [-0.4, -0.2) is 0 Å². The van der Waals surface area contributed by atoms with Gasteiger partial charge in [0.15, 0.2) is 0 Å². The summed E-state index contributed by atoms with van der Waals surface area (Å²) in [7, 11) is 0. The highest BCUT2D eigenvalue weighted by molar-refractivity contribution is 5.78. The van der Waals surface area contributed by atoms with Crippen LogP contribution in [0, 0.1) is 17.1 Å². The summed E-state index contributed by atoms with van der Waals surface area (Å²) in [5, 5.41) is 9.16. The highest BCUT2D eigenvalue weighted by Gasteiger charge is 2.04. The number of furan rings is 1. The molecule has 0 aliphatic carbocycles. The first-order valence-electron chi connectivity index (χ1n) is 3.38. The summed E-state index contributed by atoms with van der Waals surface area (Å²) >= 11 is 0. The molecule has 3 heteroatoms. The third kappa shape index (κ3) is 0.857. The Hall–Kier alpha value is -1.82. The van der Waals surface area contributed by atoms with Gasteiger partial charge in [0.2, 0.25) is 0 Å². The van der Waals surface area contributed by atoms with Crippen LogP contribution in [0.2, 0.25) is 0 Å². The van der Waals surface area contributed by atoms with Crippen molar-refractivity contribution in [2.45, 2.75) is 0 Å². The third-order valence-corrected chi connectivity index (χ3v) is 1.66. The van der Waals surface area contributed by atoms with Crippen molar-refractivity contribution in [2.24, 2.45) is 0 Å². The van der Waals surface area contributed by atoms with Gasteiger partial charge in [0.05, 0.1) is 11.8 Å². The quantitative estimate of drug-likeness (QED) is 0.595. The molecule has 0 radical (unpaired) electrons. The van der Waals surface area contributed by atoms with Gasteiger partial charge in [-0.15, -0.1) is 0 Å². The van der Waals surface area contributed by atoms with Crippen molar-refractivity contribution in [2.75, 3.05) is 0 Å². The van der Waals surface area contributed by atoms with E-state index in [0.29, 0.717) is 11.0 Å². The van der Waals surface area contributed by atoms with E-state index in [2.05, 4.69) is 0 Å². The monoisotopic (exact) mass is 161 g/mol. The molecule has 12 heavy (non-hydrogen) atoms. The number of benzene rings is 1. The van der Waals surface area contributed by atoms with E-state index in [-0.39, 0.29) is 5.56 Å². The predicted octanol–water partition coefficient (Wildman–Crippen LogP) is 2.44. The molecular formula is C9H4FNO. The molecule has 0 N–H and O–H groups in total. The van der Waals surface area contributed by atoms with E-state index in [0.717, 1.165) is 0 Å². The number of halogens is 1. The van der Waals surface area contributed by atoms with Crippen LogP contribution in [0.3, 0.4) is 0 Å². The lowest BCUT2D eigenvalue weighted by molar-refractivity contribution is 0.608. The minimum Gasteiger partial charge on any atom is -0.464 e. The lowest BCUT2D eigenvalue weighted by Gasteiger charge is -1.91. The van der Waals surface area contributed by atoms with Crippen LogP contribution < -0.4 is 0 Å². The van der Waals surface area contributed by atoms with E-state index in [1.54, 1.807) is 12.1 Å². The Kier molecular flexibility index (Phi) is 1.34. The van der Waals surface area contributed by atoms with Crippen molar-refractivity contribution >= 4 is 11.0 Å². The molecule has 2 nitrogen and oxygen atoms in total. The average Bonchev–Trinajstić information content (AvgIpc) is 2.49. The molecule has 58 valence electrons. The molecule has 0 amide bonds. The maximum atomic E-state index is 12.9. The molecule has 0 unspecified atom stereocenters. The second kappa shape index (κ2) is 2.35. The van der Waals surface area contributed by atoms with Gasteiger partial charge in [-0.2, -0.15) is 5.26 Å². The first kappa shape index (κ1) is 6.86. The Balaban J connectivity index is 2.84. The molecule has 0 saturated heterocycles. The zero-order valence-corrected chi connectivity index (χ0v) is 6.04. The Labute approximate surface area is 67.8 Å². The Bertz CT molecular complexity index is 467. The highest BCUT2D eigenvalue weighted by atomic mass is 19.1. The van der Waals surface area contributed by atoms with Gasteiger partial charge in [-0.25, -0.2) is 4.39 Å². The van der Waals surface area contributed by atoms with E-state index in [1.807, 2.05) is 0 Å². The van der Waals surface area contributed by atoms with Crippen LogP contribution in [-0.2, 0) is 0 Å². The van der Waals surface area contributed by atoms with Gasteiger partial charge in [-0.3, -0.25) is 0 Å². The van der Waals surface area contributed by atoms with Crippen LogP contribution in [0.1, 0.15) is 5.56 Å². The maximum Gasteiger partial charge on any atom is 0.141 e. The molecule has 1 aromatic heterocycles. The van der Waals surface area contributed by atoms with Crippen molar-refractivity contribution in [3.05, 3.63) is 35.8 Å². The maximum absolute atomic E-state index is 12.9. The van der Waals surface area contributed by atoms with Crippen molar-refractivity contribution < 1.29 is 8.81 Å². The molecular weight excluding hydrogens is 157 g/mol. The van der Waals surface area contributed by atoms with Crippen molar-refractivity contribution in [3.63, 3.8) is 0 Å². The summed E-state index contributed by atoms with van der Waals surface area (Å²) in [6, 6.07) is 6.08. The van der Waals surface area contributed by atoms with E-state index in [4.69, 9.17) is 9.68 Å². The summed E-state index contributed by atoms with van der Waals surface area (Å²) in [6.45, 7) is 0. The van der Waals surface area contributed by atoms with Gasteiger partial charge in [-0.05, 0) is 12.1 Å². The number of hydrogen-bond donors (Lipinski definition) is 0. The molecule has 0 fully saturated rings. The summed E-state index contributed by atoms with van der Waals surface area (Å²) in [5.74, 6) is -0.508. The zero-order valence-electron chi connectivity index (χ0n) is 6.04. The zero-order chi connectivity index (χ0) is 8.55. The fraction of sp³-hybridized carbons (Fsp3) is 0. The van der Waals surface area contributed by atoms with Crippen LogP contribution >= 0.6 is 0 Å². The van der Waals surface area contributed by atoms with E-state index < -0.39 is 5.82 Å².